The first kappa shape index (κ1) is 37.0. The smallest absolute Gasteiger partial charge is 0.339 e. The average molecular weight is 765 g/mol. The van der Waals surface area contributed by atoms with Crippen molar-refractivity contribution in [2.45, 2.75) is 12.4 Å². The molecule has 0 aliphatic heterocycles. The lowest BCUT2D eigenvalue weighted by Crippen LogP contribution is -2.14. The van der Waals surface area contributed by atoms with Gasteiger partial charge in [-0.25, -0.2) is 9.97 Å². The van der Waals surface area contributed by atoms with Crippen LogP contribution in [0.25, 0.3) is 44.6 Å². The topological polar surface area (TPSA) is 141 Å². The number of amides is 2. The maximum absolute atomic E-state index is 13.3. The van der Waals surface area contributed by atoms with Crippen LogP contribution in [0.1, 0.15) is 32.1 Å². The van der Waals surface area contributed by atoms with Gasteiger partial charge in [0.15, 0.2) is 0 Å². The number of halogens is 6. The summed E-state index contributed by atoms with van der Waals surface area (Å²) < 4.78 is 79.7. The van der Waals surface area contributed by atoms with E-state index in [1.54, 1.807) is 84.9 Å². The van der Waals surface area contributed by atoms with Crippen molar-refractivity contribution in [2.24, 2.45) is 0 Å². The number of pyridine rings is 4. The molecule has 0 radical (unpaired) electrons. The monoisotopic (exact) mass is 764 g/mol. The molecule has 0 unspecified atom stereocenters. The minimum atomic E-state index is -4.47. The molecule has 6 heterocycles. The van der Waals surface area contributed by atoms with Crippen molar-refractivity contribution in [3.8, 4) is 22.5 Å². The van der Waals surface area contributed by atoms with Crippen LogP contribution in [0.3, 0.4) is 0 Å². The number of nitrogens with zero attached hydrogens (tertiary/aromatic N) is 4. The molecular formula is C40H26F6N8O2. The maximum Gasteiger partial charge on any atom is 0.417 e. The number of hydrogen-bond donors (Lipinski definition) is 4. The highest BCUT2D eigenvalue weighted by atomic mass is 19.4. The highest BCUT2D eigenvalue weighted by Crippen LogP contribution is 2.39. The first-order valence-corrected chi connectivity index (χ1v) is 16.6. The molecule has 0 spiro atoms. The summed E-state index contributed by atoms with van der Waals surface area (Å²) in [7, 11) is 0. The van der Waals surface area contributed by atoms with Crippen LogP contribution in [0, 0.1) is 0 Å². The zero-order valence-corrected chi connectivity index (χ0v) is 28.6. The second-order valence-corrected chi connectivity index (χ2v) is 12.1. The number of nitrogens with one attached hydrogen (secondary N) is 4. The van der Waals surface area contributed by atoms with E-state index in [2.05, 4.69) is 40.5 Å². The molecule has 0 saturated carbocycles. The molecule has 0 bridgehead atoms. The fraction of sp³-hybridized carbons (Fsp3) is 0.0500. The quantitative estimate of drug-likeness (QED) is 0.124. The van der Waals surface area contributed by atoms with Gasteiger partial charge in [-0.05, 0) is 72.8 Å². The molecule has 0 atom stereocenters. The Labute approximate surface area is 312 Å². The van der Waals surface area contributed by atoms with Gasteiger partial charge in [0.05, 0.1) is 11.1 Å². The fourth-order valence-corrected chi connectivity index (χ4v) is 5.73. The Morgan fingerprint density at radius 3 is 1.27 bits per heavy atom. The highest BCUT2D eigenvalue weighted by Gasteiger charge is 2.34. The van der Waals surface area contributed by atoms with Crippen LogP contribution in [-0.2, 0) is 12.4 Å². The third-order valence-corrected chi connectivity index (χ3v) is 8.28. The van der Waals surface area contributed by atoms with E-state index < -0.39 is 35.3 Å². The lowest BCUT2D eigenvalue weighted by atomic mass is 10.0. The molecule has 0 saturated heterocycles. The molecule has 16 heteroatoms. The number of carbonyl (C=O) groups is 2. The zero-order valence-electron chi connectivity index (χ0n) is 28.6. The zero-order chi connectivity index (χ0) is 39.5. The normalized spacial score (nSPS) is 11.5. The molecule has 0 aliphatic carbocycles. The maximum atomic E-state index is 13.3. The minimum absolute atomic E-state index is 0.0343. The van der Waals surface area contributed by atoms with Gasteiger partial charge in [0.1, 0.15) is 34.3 Å². The van der Waals surface area contributed by atoms with E-state index >= 15 is 0 Å². The van der Waals surface area contributed by atoms with Crippen LogP contribution in [0.4, 0.5) is 38.0 Å². The van der Waals surface area contributed by atoms with Gasteiger partial charge in [0.25, 0.3) is 11.8 Å². The third-order valence-electron chi connectivity index (χ3n) is 8.28. The first-order valence-electron chi connectivity index (χ1n) is 16.6. The van der Waals surface area contributed by atoms with E-state index in [0.29, 0.717) is 33.5 Å². The Morgan fingerprint density at radius 1 is 0.500 bits per heavy atom. The Bertz CT molecular complexity index is 2490. The van der Waals surface area contributed by atoms with Crippen LogP contribution in [0.5, 0.6) is 0 Å². The summed E-state index contributed by atoms with van der Waals surface area (Å²) in [6.07, 6.45) is -5.94. The minimum Gasteiger partial charge on any atom is -0.339 e. The molecule has 280 valence electrons. The number of alkyl halides is 6. The van der Waals surface area contributed by atoms with Crippen molar-refractivity contribution in [3.63, 3.8) is 0 Å². The van der Waals surface area contributed by atoms with Crippen molar-refractivity contribution < 1.29 is 35.9 Å². The molecular weight excluding hydrogens is 738 g/mol. The van der Waals surface area contributed by atoms with Gasteiger partial charge in [-0.3, -0.25) is 19.6 Å². The lowest BCUT2D eigenvalue weighted by molar-refractivity contribution is -0.137. The van der Waals surface area contributed by atoms with Crippen LogP contribution in [-0.4, -0.2) is 41.7 Å². The summed E-state index contributed by atoms with van der Waals surface area (Å²) in [5, 5.41) is 6.50. The largest absolute Gasteiger partial charge is 0.417 e. The van der Waals surface area contributed by atoms with Crippen LogP contribution in [0.2, 0.25) is 0 Å². The Kier molecular flexibility index (Phi) is 10.0. The second-order valence-electron chi connectivity index (χ2n) is 12.1. The molecule has 0 fully saturated rings. The molecule has 56 heavy (non-hydrogen) atoms. The van der Waals surface area contributed by atoms with Gasteiger partial charge in [0.2, 0.25) is 0 Å². The molecule has 2 amide bonds. The summed E-state index contributed by atoms with van der Waals surface area (Å²) in [4.78, 5) is 46.6. The predicted octanol–water partition coefficient (Wildman–Crippen LogP) is 9.79. The molecule has 0 aliphatic rings. The number of H-pyrrole nitrogens is 2. The summed E-state index contributed by atoms with van der Waals surface area (Å²) in [6, 6.07) is 30.2. The van der Waals surface area contributed by atoms with Crippen molar-refractivity contribution in [2.75, 3.05) is 10.6 Å². The van der Waals surface area contributed by atoms with Crippen LogP contribution in [0.15, 0.2) is 134 Å². The number of benzene rings is 2. The van der Waals surface area contributed by atoms with E-state index in [0.717, 1.165) is 12.1 Å². The molecule has 6 aromatic heterocycles. The van der Waals surface area contributed by atoms with E-state index in [1.165, 1.54) is 36.7 Å². The van der Waals surface area contributed by atoms with E-state index in [1.807, 2.05) is 0 Å². The molecule has 8 rings (SSSR count). The average Bonchev–Trinajstić information content (AvgIpc) is 3.82. The van der Waals surface area contributed by atoms with Gasteiger partial charge < -0.3 is 20.6 Å². The number of aromatic nitrogens is 6. The standard InChI is InChI=1S/2C20H13F3N4O/c2*21-20(22,23)14-6-2-1-5-13(14)16-11-12-8-9-17(26-18(12)25-16)27-19(28)15-7-3-4-10-24-15/h2*1-11H,(H2,25,26,27,28). The van der Waals surface area contributed by atoms with Crippen molar-refractivity contribution >= 4 is 45.5 Å². The van der Waals surface area contributed by atoms with E-state index in [4.69, 9.17) is 0 Å². The van der Waals surface area contributed by atoms with Gasteiger partial charge in [-0.1, -0.05) is 48.5 Å². The summed E-state index contributed by atoms with van der Waals surface area (Å²) in [5.41, 5.74) is 0.393. The molecule has 2 aromatic carbocycles. The number of anilines is 2. The number of carbonyl (C=O) groups excluding carboxylic acids is 2. The van der Waals surface area contributed by atoms with Crippen LogP contribution < -0.4 is 10.6 Å². The van der Waals surface area contributed by atoms with Gasteiger partial charge in [-0.2, -0.15) is 26.3 Å². The van der Waals surface area contributed by atoms with Crippen molar-refractivity contribution in [1.29, 1.82) is 0 Å². The van der Waals surface area contributed by atoms with E-state index in [-0.39, 0.29) is 34.2 Å². The summed E-state index contributed by atoms with van der Waals surface area (Å²) in [5.74, 6) is -0.329. The van der Waals surface area contributed by atoms with Crippen LogP contribution >= 0.6 is 0 Å². The van der Waals surface area contributed by atoms with Crippen molar-refractivity contribution in [1.82, 2.24) is 29.9 Å². The first-order chi connectivity index (χ1) is 26.8. The third kappa shape index (κ3) is 8.23. The fourth-order valence-electron chi connectivity index (χ4n) is 5.73. The Balaban J connectivity index is 0.000000172. The number of fused-ring (bicyclic) bond motifs is 2. The molecule has 10 nitrogen and oxygen atoms in total. The number of hydrogen-bond acceptors (Lipinski definition) is 6. The molecule has 4 N–H and O–H groups in total. The highest BCUT2D eigenvalue weighted by molar-refractivity contribution is 6.03. The summed E-state index contributed by atoms with van der Waals surface area (Å²) in [6.45, 7) is 0. The lowest BCUT2D eigenvalue weighted by Gasteiger charge is -2.11. The Hall–Kier alpha value is -7.36. The summed E-state index contributed by atoms with van der Waals surface area (Å²) >= 11 is 0. The number of rotatable bonds is 6. The van der Waals surface area contributed by atoms with Gasteiger partial charge >= 0.3 is 12.4 Å². The Morgan fingerprint density at radius 2 is 0.893 bits per heavy atom. The SMILES string of the molecule is O=C(Nc1ccc2cc(-c3ccccc3C(F)(F)F)[nH]c2n1)c1ccccn1.O=C(Nc1ccc2cc(-c3ccccc3C(F)(F)F)[nH]c2n1)c1ccccn1. The van der Waals surface area contributed by atoms with Gasteiger partial charge in [0, 0.05) is 45.7 Å². The van der Waals surface area contributed by atoms with Gasteiger partial charge in [-0.15, -0.1) is 0 Å². The second kappa shape index (κ2) is 15.2. The van der Waals surface area contributed by atoms with E-state index in [9.17, 15) is 35.9 Å². The predicted molar refractivity (Wildman–Crippen MR) is 197 cm³/mol. The molecule has 8 aromatic rings. The number of aromatic amines is 2. The van der Waals surface area contributed by atoms with Crippen molar-refractivity contribution in [3.05, 3.63) is 156 Å².